The number of likely N-dealkylation sites (N-methyl/N-ethyl adjacent to an activating group) is 1. The van der Waals surface area contributed by atoms with Gasteiger partial charge in [0.1, 0.15) is 0 Å². The summed E-state index contributed by atoms with van der Waals surface area (Å²) in [6.45, 7) is 5.32. The van der Waals surface area contributed by atoms with E-state index < -0.39 is 0 Å². The summed E-state index contributed by atoms with van der Waals surface area (Å²) in [5.74, 6) is 1.11. The predicted molar refractivity (Wildman–Crippen MR) is 124 cm³/mol. The number of methoxy groups -OCH3 is 1. The quantitative estimate of drug-likeness (QED) is 0.577. The minimum Gasteiger partial charge on any atom is -0.493 e. The second-order valence-electron chi connectivity index (χ2n) is 8.06. The van der Waals surface area contributed by atoms with E-state index in [1.807, 2.05) is 18.2 Å². The molecule has 1 aliphatic heterocycles. The van der Waals surface area contributed by atoms with Crippen LogP contribution in [0.25, 0.3) is 0 Å². The normalized spacial score (nSPS) is 15.5. The molecule has 32 heavy (non-hydrogen) atoms. The molecule has 0 aliphatic carbocycles. The molecular weight excluding hydrogens is 404 g/mol. The van der Waals surface area contributed by atoms with Crippen molar-refractivity contribution in [1.82, 2.24) is 15.1 Å². The fourth-order valence-corrected chi connectivity index (χ4v) is 3.75. The molecule has 1 fully saturated rings. The SMILES string of the molecule is COc1cc(C#N)ccc1OCCCC(=O)NC(CN1CCN(C)CC1)c1ccccc1. The number of nitrogens with zero attached hydrogens (tertiary/aromatic N) is 3. The number of carbonyl (C=O) groups is 1. The van der Waals surface area contributed by atoms with E-state index in [0.717, 1.165) is 38.3 Å². The lowest BCUT2D eigenvalue weighted by Gasteiger charge is -2.35. The highest BCUT2D eigenvalue weighted by Crippen LogP contribution is 2.28. The molecule has 0 spiro atoms. The van der Waals surface area contributed by atoms with Gasteiger partial charge >= 0.3 is 0 Å². The standard InChI is InChI=1S/C25H32N4O3/c1-28-12-14-29(15-13-28)19-22(21-7-4-3-5-8-21)27-25(30)9-6-16-32-23-11-10-20(18-26)17-24(23)31-2/h3-5,7-8,10-11,17,22H,6,9,12-16,19H2,1-2H3,(H,27,30). The smallest absolute Gasteiger partial charge is 0.220 e. The minimum absolute atomic E-state index is 0.0170. The number of rotatable bonds is 10. The molecule has 3 rings (SSSR count). The Morgan fingerprint density at radius 1 is 1.12 bits per heavy atom. The number of hydrogen-bond donors (Lipinski definition) is 1. The van der Waals surface area contributed by atoms with E-state index in [0.29, 0.717) is 36.5 Å². The second kappa shape index (κ2) is 12.1. The van der Waals surface area contributed by atoms with E-state index in [4.69, 9.17) is 14.7 Å². The second-order valence-corrected chi connectivity index (χ2v) is 8.06. The van der Waals surface area contributed by atoms with E-state index in [2.05, 4.69) is 40.4 Å². The lowest BCUT2D eigenvalue weighted by molar-refractivity contribution is -0.122. The first kappa shape index (κ1) is 23.6. The summed E-state index contributed by atoms with van der Waals surface area (Å²) >= 11 is 0. The highest BCUT2D eigenvalue weighted by atomic mass is 16.5. The van der Waals surface area contributed by atoms with Crippen molar-refractivity contribution in [3.05, 3.63) is 59.7 Å². The number of ether oxygens (including phenoxy) is 2. The molecule has 1 saturated heterocycles. The van der Waals surface area contributed by atoms with Gasteiger partial charge in [0, 0.05) is 45.2 Å². The highest BCUT2D eigenvalue weighted by molar-refractivity contribution is 5.76. The number of hydrogen-bond acceptors (Lipinski definition) is 6. The maximum absolute atomic E-state index is 12.7. The van der Waals surface area contributed by atoms with Gasteiger partial charge in [-0.3, -0.25) is 9.69 Å². The van der Waals surface area contributed by atoms with E-state index in [1.165, 1.54) is 0 Å². The van der Waals surface area contributed by atoms with Crippen LogP contribution in [0.2, 0.25) is 0 Å². The first-order valence-electron chi connectivity index (χ1n) is 11.0. The molecule has 1 N–H and O–H groups in total. The van der Waals surface area contributed by atoms with E-state index in [9.17, 15) is 4.79 Å². The summed E-state index contributed by atoms with van der Waals surface area (Å²) in [7, 11) is 3.68. The summed E-state index contributed by atoms with van der Waals surface area (Å²) in [6.07, 6.45) is 0.968. The molecule has 7 heteroatoms. The van der Waals surface area contributed by atoms with Crippen LogP contribution in [-0.2, 0) is 4.79 Å². The van der Waals surface area contributed by atoms with Gasteiger partial charge in [0.05, 0.1) is 31.4 Å². The monoisotopic (exact) mass is 436 g/mol. The van der Waals surface area contributed by atoms with E-state index in [-0.39, 0.29) is 11.9 Å². The Bertz CT molecular complexity index is 905. The zero-order chi connectivity index (χ0) is 22.8. The molecule has 2 aromatic carbocycles. The van der Waals surface area contributed by atoms with Crippen LogP contribution in [0.15, 0.2) is 48.5 Å². The number of nitriles is 1. The van der Waals surface area contributed by atoms with Gasteiger partial charge < -0.3 is 19.7 Å². The molecule has 0 aromatic heterocycles. The predicted octanol–water partition coefficient (Wildman–Crippen LogP) is 2.83. The Labute approximate surface area is 190 Å². The zero-order valence-corrected chi connectivity index (χ0v) is 18.9. The van der Waals surface area contributed by atoms with Crippen LogP contribution in [0.3, 0.4) is 0 Å². The summed E-state index contributed by atoms with van der Waals surface area (Å²) in [4.78, 5) is 17.4. The van der Waals surface area contributed by atoms with Crippen molar-refractivity contribution in [3.63, 3.8) is 0 Å². The Kier molecular flexibility index (Phi) is 8.90. The van der Waals surface area contributed by atoms with E-state index in [1.54, 1.807) is 25.3 Å². The van der Waals surface area contributed by atoms with Crippen molar-refractivity contribution >= 4 is 5.91 Å². The van der Waals surface area contributed by atoms with Gasteiger partial charge in [-0.25, -0.2) is 0 Å². The minimum atomic E-state index is -0.0355. The molecule has 0 radical (unpaired) electrons. The van der Waals surface area contributed by atoms with Gasteiger partial charge in [-0.05, 0) is 31.2 Å². The van der Waals surface area contributed by atoms with Gasteiger partial charge in [0.25, 0.3) is 0 Å². The third-order valence-corrected chi connectivity index (χ3v) is 5.67. The maximum atomic E-state index is 12.7. The molecule has 0 saturated carbocycles. The van der Waals surface area contributed by atoms with Crippen LogP contribution in [0, 0.1) is 11.3 Å². The van der Waals surface area contributed by atoms with Crippen molar-refractivity contribution in [2.75, 3.05) is 53.5 Å². The first-order chi connectivity index (χ1) is 15.6. The van der Waals surface area contributed by atoms with Gasteiger partial charge in [-0.1, -0.05) is 30.3 Å². The van der Waals surface area contributed by atoms with Crippen LogP contribution in [0.5, 0.6) is 11.5 Å². The van der Waals surface area contributed by atoms with Crippen LogP contribution in [-0.4, -0.2) is 69.2 Å². The third-order valence-electron chi connectivity index (χ3n) is 5.67. The largest absolute Gasteiger partial charge is 0.493 e. The van der Waals surface area contributed by atoms with Crippen molar-refractivity contribution in [1.29, 1.82) is 5.26 Å². The summed E-state index contributed by atoms with van der Waals surface area (Å²) < 4.78 is 11.1. The Hall–Kier alpha value is -3.08. The van der Waals surface area contributed by atoms with Gasteiger partial charge in [-0.2, -0.15) is 5.26 Å². The molecule has 1 amide bonds. The molecule has 1 unspecified atom stereocenters. The number of piperazine rings is 1. The number of benzene rings is 2. The fraction of sp³-hybridized carbons (Fsp3) is 0.440. The summed E-state index contributed by atoms with van der Waals surface area (Å²) in [5, 5.41) is 12.2. The van der Waals surface area contributed by atoms with E-state index >= 15 is 0 Å². The average Bonchev–Trinajstić information content (AvgIpc) is 2.83. The van der Waals surface area contributed by atoms with Crippen LogP contribution in [0.1, 0.15) is 30.0 Å². The topological polar surface area (TPSA) is 77.8 Å². The van der Waals surface area contributed by atoms with Crippen LogP contribution < -0.4 is 14.8 Å². The molecule has 2 aromatic rings. The average molecular weight is 437 g/mol. The van der Waals surface area contributed by atoms with Gasteiger partial charge in [-0.15, -0.1) is 0 Å². The van der Waals surface area contributed by atoms with Crippen molar-refractivity contribution < 1.29 is 14.3 Å². The van der Waals surface area contributed by atoms with Gasteiger partial charge in [0.15, 0.2) is 11.5 Å². The molecule has 1 atom stereocenters. The zero-order valence-electron chi connectivity index (χ0n) is 18.9. The highest BCUT2D eigenvalue weighted by Gasteiger charge is 2.21. The Balaban J connectivity index is 1.50. The lowest BCUT2D eigenvalue weighted by Crippen LogP contribution is -2.47. The van der Waals surface area contributed by atoms with Crippen LogP contribution in [0.4, 0.5) is 0 Å². The molecule has 170 valence electrons. The van der Waals surface area contributed by atoms with Crippen molar-refractivity contribution in [2.45, 2.75) is 18.9 Å². The molecular formula is C25H32N4O3. The Morgan fingerprint density at radius 2 is 1.88 bits per heavy atom. The fourth-order valence-electron chi connectivity index (χ4n) is 3.75. The summed E-state index contributed by atoms with van der Waals surface area (Å²) in [6, 6.07) is 17.3. The van der Waals surface area contributed by atoms with Crippen molar-refractivity contribution in [3.8, 4) is 17.6 Å². The molecule has 1 aliphatic rings. The third kappa shape index (κ3) is 6.98. The van der Waals surface area contributed by atoms with Crippen LogP contribution >= 0.6 is 0 Å². The molecule has 7 nitrogen and oxygen atoms in total. The number of amides is 1. The Morgan fingerprint density at radius 3 is 2.56 bits per heavy atom. The molecule has 1 heterocycles. The summed E-state index contributed by atoms with van der Waals surface area (Å²) in [5.41, 5.74) is 1.64. The van der Waals surface area contributed by atoms with Crippen molar-refractivity contribution in [2.24, 2.45) is 0 Å². The maximum Gasteiger partial charge on any atom is 0.220 e. The van der Waals surface area contributed by atoms with Gasteiger partial charge in [0.2, 0.25) is 5.91 Å². The lowest BCUT2D eigenvalue weighted by atomic mass is 10.1. The number of nitrogens with one attached hydrogen (secondary N) is 1. The first-order valence-corrected chi connectivity index (χ1v) is 11.0. The number of carbonyl (C=O) groups excluding carboxylic acids is 1. The molecule has 0 bridgehead atoms.